The molecule has 0 fully saturated rings. The van der Waals surface area contributed by atoms with Crippen LogP contribution in [0.1, 0.15) is 16.1 Å². The third-order valence-corrected chi connectivity index (χ3v) is 3.72. The molecular weight excluding hydrogens is 235 g/mol. The maximum Gasteiger partial charge on any atom is 0.146 e. The number of anilines is 1. The van der Waals surface area contributed by atoms with Gasteiger partial charge in [-0.15, -0.1) is 11.3 Å². The predicted molar refractivity (Wildman–Crippen MR) is 70.2 cm³/mol. The summed E-state index contributed by atoms with van der Waals surface area (Å²) in [5, 5.41) is 3.15. The summed E-state index contributed by atoms with van der Waals surface area (Å²) >= 11 is 1.65. The highest BCUT2D eigenvalue weighted by atomic mass is 32.1. The second kappa shape index (κ2) is 5.27. The van der Waals surface area contributed by atoms with Crippen molar-refractivity contribution in [2.75, 3.05) is 11.9 Å². The van der Waals surface area contributed by atoms with Crippen molar-refractivity contribution in [1.29, 1.82) is 0 Å². The molecule has 0 radical (unpaired) electrons. The molecule has 4 heteroatoms. The summed E-state index contributed by atoms with van der Waals surface area (Å²) in [4.78, 5) is 5.45. The molecule has 1 aromatic heterocycles. The van der Waals surface area contributed by atoms with Crippen LogP contribution in [0.25, 0.3) is 0 Å². The maximum absolute atomic E-state index is 13.5. The Bertz CT molecular complexity index is 488. The molecule has 0 aliphatic carbocycles. The quantitative estimate of drug-likeness (QED) is 0.897. The number of nitrogens with one attached hydrogen (secondary N) is 1. The summed E-state index contributed by atoms with van der Waals surface area (Å²) in [6.07, 6.45) is 0.879. The van der Waals surface area contributed by atoms with Crippen molar-refractivity contribution in [3.05, 3.63) is 45.7 Å². The average molecular weight is 250 g/mol. The molecule has 17 heavy (non-hydrogen) atoms. The predicted octanol–water partition coefficient (Wildman–Crippen LogP) is 3.55. The maximum atomic E-state index is 13.5. The molecule has 0 spiro atoms. The van der Waals surface area contributed by atoms with E-state index in [2.05, 4.69) is 10.3 Å². The first-order valence-corrected chi connectivity index (χ1v) is 6.44. The molecule has 2 rings (SSSR count). The molecule has 0 bridgehead atoms. The zero-order valence-corrected chi connectivity index (χ0v) is 10.8. The number of para-hydroxylation sites is 1. The lowest BCUT2D eigenvalue weighted by molar-refractivity contribution is 0.629. The van der Waals surface area contributed by atoms with Gasteiger partial charge in [-0.05, 0) is 25.5 Å². The second-order valence-corrected chi connectivity index (χ2v) is 4.91. The Morgan fingerprint density at radius 3 is 2.82 bits per heavy atom. The average Bonchev–Trinajstić information content (AvgIpc) is 2.69. The van der Waals surface area contributed by atoms with E-state index < -0.39 is 0 Å². The molecule has 0 aliphatic heterocycles. The smallest absolute Gasteiger partial charge is 0.146 e. The third-order valence-electron chi connectivity index (χ3n) is 2.72. The van der Waals surface area contributed by atoms with Crippen molar-refractivity contribution in [2.45, 2.75) is 20.3 Å². The molecule has 90 valence electrons. The Labute approximate surface area is 105 Å². The number of nitrogens with zero attached hydrogens (tertiary/aromatic N) is 1. The molecule has 1 heterocycles. The normalized spacial score (nSPS) is 10.5. The first-order chi connectivity index (χ1) is 8.18. The standard InChI is InChI=1S/C13H15FN2S/c1-9-4-3-5-11(14)13(9)15-7-6-12-10(2)16-8-17-12/h3-5,8,15H,6-7H2,1-2H3. The fraction of sp³-hybridized carbons (Fsp3) is 0.308. The highest BCUT2D eigenvalue weighted by Crippen LogP contribution is 2.19. The highest BCUT2D eigenvalue weighted by Gasteiger charge is 2.05. The van der Waals surface area contributed by atoms with E-state index in [1.807, 2.05) is 25.4 Å². The van der Waals surface area contributed by atoms with Gasteiger partial charge in [-0.2, -0.15) is 0 Å². The zero-order valence-electron chi connectivity index (χ0n) is 9.96. The van der Waals surface area contributed by atoms with Gasteiger partial charge in [-0.25, -0.2) is 9.37 Å². The Balaban J connectivity index is 1.97. The van der Waals surface area contributed by atoms with Gasteiger partial charge in [-0.3, -0.25) is 0 Å². The molecule has 0 atom stereocenters. The van der Waals surface area contributed by atoms with Crippen LogP contribution in [0.2, 0.25) is 0 Å². The number of thiazole rings is 1. The largest absolute Gasteiger partial charge is 0.382 e. The minimum absolute atomic E-state index is 0.189. The van der Waals surface area contributed by atoms with Crippen molar-refractivity contribution in [3.8, 4) is 0 Å². The van der Waals surface area contributed by atoms with E-state index in [1.54, 1.807) is 17.4 Å². The topological polar surface area (TPSA) is 24.9 Å². The van der Waals surface area contributed by atoms with Gasteiger partial charge in [0.15, 0.2) is 0 Å². The van der Waals surface area contributed by atoms with E-state index in [9.17, 15) is 4.39 Å². The number of aryl methyl sites for hydroxylation is 2. The van der Waals surface area contributed by atoms with Crippen LogP contribution in [0.4, 0.5) is 10.1 Å². The molecular formula is C13H15FN2S. The lowest BCUT2D eigenvalue weighted by Gasteiger charge is -2.09. The van der Waals surface area contributed by atoms with Gasteiger partial charge in [-0.1, -0.05) is 12.1 Å². The molecule has 2 nitrogen and oxygen atoms in total. The number of hydrogen-bond acceptors (Lipinski definition) is 3. The summed E-state index contributed by atoms with van der Waals surface area (Å²) < 4.78 is 13.5. The molecule has 0 saturated heterocycles. The minimum atomic E-state index is -0.189. The van der Waals surface area contributed by atoms with Crippen molar-refractivity contribution in [1.82, 2.24) is 4.98 Å². The number of halogens is 1. The third kappa shape index (κ3) is 2.82. The number of rotatable bonds is 4. The van der Waals surface area contributed by atoms with E-state index in [0.717, 1.165) is 24.2 Å². The van der Waals surface area contributed by atoms with Gasteiger partial charge in [0.1, 0.15) is 5.82 Å². The van der Waals surface area contributed by atoms with E-state index >= 15 is 0 Å². The van der Waals surface area contributed by atoms with Crippen molar-refractivity contribution < 1.29 is 4.39 Å². The minimum Gasteiger partial charge on any atom is -0.382 e. The van der Waals surface area contributed by atoms with Crippen LogP contribution in [-0.4, -0.2) is 11.5 Å². The Morgan fingerprint density at radius 1 is 1.35 bits per heavy atom. The molecule has 0 aliphatic rings. The van der Waals surface area contributed by atoms with E-state index in [1.165, 1.54) is 10.9 Å². The number of benzene rings is 1. The molecule has 1 aromatic carbocycles. The Hall–Kier alpha value is -1.42. The van der Waals surface area contributed by atoms with Crippen LogP contribution in [0.3, 0.4) is 0 Å². The lowest BCUT2D eigenvalue weighted by atomic mass is 10.2. The number of aromatic nitrogens is 1. The van der Waals surface area contributed by atoms with Crippen LogP contribution in [0.5, 0.6) is 0 Å². The summed E-state index contributed by atoms with van der Waals surface area (Å²) in [7, 11) is 0. The van der Waals surface area contributed by atoms with E-state index in [0.29, 0.717) is 5.69 Å². The van der Waals surface area contributed by atoms with Crippen LogP contribution in [0.15, 0.2) is 23.7 Å². The summed E-state index contributed by atoms with van der Waals surface area (Å²) in [6, 6.07) is 5.11. The fourth-order valence-corrected chi connectivity index (χ4v) is 2.50. The lowest BCUT2D eigenvalue weighted by Crippen LogP contribution is -2.07. The Kier molecular flexibility index (Phi) is 3.74. The van der Waals surface area contributed by atoms with Crippen molar-refractivity contribution in [2.24, 2.45) is 0 Å². The van der Waals surface area contributed by atoms with E-state index in [4.69, 9.17) is 0 Å². The van der Waals surface area contributed by atoms with Gasteiger partial charge in [0.2, 0.25) is 0 Å². The summed E-state index contributed by atoms with van der Waals surface area (Å²) in [5.41, 5.74) is 4.46. The molecule has 2 aromatic rings. The summed E-state index contributed by atoms with van der Waals surface area (Å²) in [6.45, 7) is 4.63. The first-order valence-electron chi connectivity index (χ1n) is 5.56. The number of hydrogen-bond donors (Lipinski definition) is 1. The zero-order chi connectivity index (χ0) is 12.3. The van der Waals surface area contributed by atoms with Crippen LogP contribution < -0.4 is 5.32 Å². The van der Waals surface area contributed by atoms with Crippen LogP contribution >= 0.6 is 11.3 Å². The second-order valence-electron chi connectivity index (χ2n) is 3.97. The highest BCUT2D eigenvalue weighted by molar-refractivity contribution is 7.09. The molecule has 1 N–H and O–H groups in total. The van der Waals surface area contributed by atoms with Crippen molar-refractivity contribution in [3.63, 3.8) is 0 Å². The van der Waals surface area contributed by atoms with Gasteiger partial charge < -0.3 is 5.32 Å². The first kappa shape index (κ1) is 12.0. The van der Waals surface area contributed by atoms with Crippen LogP contribution in [-0.2, 0) is 6.42 Å². The van der Waals surface area contributed by atoms with Gasteiger partial charge in [0.05, 0.1) is 16.9 Å². The summed E-state index contributed by atoms with van der Waals surface area (Å²) in [5.74, 6) is -0.189. The Morgan fingerprint density at radius 2 is 2.18 bits per heavy atom. The van der Waals surface area contributed by atoms with Crippen LogP contribution in [0, 0.1) is 19.7 Å². The monoisotopic (exact) mass is 250 g/mol. The molecule has 0 amide bonds. The van der Waals surface area contributed by atoms with Gasteiger partial charge in [0.25, 0.3) is 0 Å². The molecule has 0 unspecified atom stereocenters. The fourth-order valence-electron chi connectivity index (χ4n) is 1.72. The van der Waals surface area contributed by atoms with E-state index in [-0.39, 0.29) is 5.82 Å². The van der Waals surface area contributed by atoms with Gasteiger partial charge >= 0.3 is 0 Å². The van der Waals surface area contributed by atoms with Gasteiger partial charge in [0, 0.05) is 17.8 Å². The van der Waals surface area contributed by atoms with Crippen molar-refractivity contribution >= 4 is 17.0 Å². The molecule has 0 saturated carbocycles. The SMILES string of the molecule is Cc1cccc(F)c1NCCc1scnc1C.